The Morgan fingerprint density at radius 3 is 2.81 bits per heavy atom. The fraction of sp³-hybridized carbons (Fsp3) is 0.545. The minimum absolute atomic E-state index is 0.00967. The first-order valence-electron chi connectivity index (χ1n) is 6.29. The van der Waals surface area contributed by atoms with E-state index in [-0.39, 0.29) is 11.8 Å². The summed E-state index contributed by atoms with van der Waals surface area (Å²) in [5.74, 6) is 0.737. The summed E-state index contributed by atoms with van der Waals surface area (Å²) in [6, 6.07) is 0. The Bertz CT molecular complexity index is 665. The highest BCUT2D eigenvalue weighted by atomic mass is 32.2. The Balaban J connectivity index is 2.01. The minimum Gasteiger partial charge on any atom is -0.387 e. The molecule has 0 unspecified atom stereocenters. The number of nitrogens with two attached hydrogens (primary N) is 2. The number of ether oxygens (including phenoxy) is 1. The van der Waals surface area contributed by atoms with Crippen LogP contribution in [0.3, 0.4) is 0 Å². The van der Waals surface area contributed by atoms with Gasteiger partial charge in [-0.25, -0.2) is 4.98 Å². The fourth-order valence-corrected chi connectivity index (χ4v) is 3.01. The highest BCUT2D eigenvalue weighted by Gasteiger charge is 2.44. The quantitative estimate of drug-likeness (QED) is 0.559. The van der Waals surface area contributed by atoms with Gasteiger partial charge in [0.25, 0.3) is 0 Å². The van der Waals surface area contributed by atoms with E-state index in [4.69, 9.17) is 16.2 Å². The Morgan fingerprint density at radius 2 is 2.10 bits per heavy atom. The van der Waals surface area contributed by atoms with Gasteiger partial charge in [-0.15, -0.1) is 0 Å². The van der Waals surface area contributed by atoms with Crippen LogP contribution in [0.15, 0.2) is 6.33 Å². The summed E-state index contributed by atoms with van der Waals surface area (Å²) in [7, 11) is 0. The molecule has 1 saturated heterocycles. The van der Waals surface area contributed by atoms with Crippen LogP contribution in [0.1, 0.15) is 6.23 Å². The summed E-state index contributed by atoms with van der Waals surface area (Å²) in [5.41, 5.74) is 12.1. The number of aliphatic hydroxyl groups is 2. The van der Waals surface area contributed by atoms with Crippen molar-refractivity contribution in [1.82, 2.24) is 19.5 Å². The normalized spacial score (nSPS) is 29.3. The molecule has 114 valence electrons. The average Bonchev–Trinajstić information content (AvgIpc) is 2.96. The molecule has 3 heterocycles. The second-order valence-corrected chi connectivity index (χ2v) is 5.70. The zero-order valence-corrected chi connectivity index (χ0v) is 12.1. The number of hydrogen-bond acceptors (Lipinski definition) is 9. The number of hydrogen-bond donors (Lipinski definition) is 4. The van der Waals surface area contributed by atoms with Gasteiger partial charge in [-0.3, -0.25) is 4.57 Å². The second-order valence-electron chi connectivity index (χ2n) is 4.79. The zero-order chi connectivity index (χ0) is 15.1. The van der Waals surface area contributed by atoms with Crippen LogP contribution in [0.4, 0.5) is 11.8 Å². The van der Waals surface area contributed by atoms with Crippen molar-refractivity contribution in [1.29, 1.82) is 0 Å². The summed E-state index contributed by atoms with van der Waals surface area (Å²) >= 11 is 1.53. The van der Waals surface area contributed by atoms with Crippen molar-refractivity contribution < 1.29 is 14.9 Å². The first-order valence-corrected chi connectivity index (χ1v) is 7.68. The van der Waals surface area contributed by atoms with Gasteiger partial charge in [-0.05, 0) is 6.26 Å². The van der Waals surface area contributed by atoms with Crippen molar-refractivity contribution in [3.8, 4) is 0 Å². The third-order valence-electron chi connectivity index (χ3n) is 3.41. The fourth-order valence-electron chi connectivity index (χ4n) is 2.40. The topological polar surface area (TPSA) is 145 Å². The van der Waals surface area contributed by atoms with Gasteiger partial charge in [0.15, 0.2) is 17.7 Å². The van der Waals surface area contributed by atoms with Crippen molar-refractivity contribution in [2.75, 3.05) is 23.5 Å². The minimum atomic E-state index is -1.09. The number of nitrogens with zero attached hydrogens (tertiary/aromatic N) is 4. The van der Waals surface area contributed by atoms with E-state index in [0.717, 1.165) is 0 Å². The van der Waals surface area contributed by atoms with Crippen LogP contribution >= 0.6 is 11.8 Å². The van der Waals surface area contributed by atoms with Gasteiger partial charge >= 0.3 is 0 Å². The Hall–Kier alpha value is -1.62. The van der Waals surface area contributed by atoms with E-state index in [9.17, 15) is 10.2 Å². The first kappa shape index (κ1) is 14.3. The molecule has 2 aromatic rings. The van der Waals surface area contributed by atoms with Gasteiger partial charge in [-0.1, -0.05) is 0 Å². The van der Waals surface area contributed by atoms with Gasteiger partial charge in [0.1, 0.15) is 17.7 Å². The molecule has 1 fully saturated rings. The molecule has 2 aromatic heterocycles. The summed E-state index contributed by atoms with van der Waals surface area (Å²) in [5, 5.41) is 20.2. The van der Waals surface area contributed by atoms with Crippen LogP contribution in [0.25, 0.3) is 11.2 Å². The summed E-state index contributed by atoms with van der Waals surface area (Å²) in [6.45, 7) is 0. The Labute approximate surface area is 124 Å². The smallest absolute Gasteiger partial charge is 0.224 e. The molecule has 21 heavy (non-hydrogen) atoms. The zero-order valence-electron chi connectivity index (χ0n) is 11.2. The lowest BCUT2D eigenvalue weighted by atomic mass is 10.1. The molecule has 0 aromatic carbocycles. The van der Waals surface area contributed by atoms with E-state index < -0.39 is 24.5 Å². The number of aromatic nitrogens is 4. The molecule has 0 bridgehead atoms. The summed E-state index contributed by atoms with van der Waals surface area (Å²) < 4.78 is 7.23. The average molecular weight is 312 g/mol. The van der Waals surface area contributed by atoms with Crippen molar-refractivity contribution in [2.24, 2.45) is 0 Å². The lowest BCUT2D eigenvalue weighted by Gasteiger charge is -2.16. The molecular weight excluding hydrogens is 296 g/mol. The van der Waals surface area contributed by atoms with Gasteiger partial charge < -0.3 is 26.4 Å². The molecule has 9 nitrogen and oxygen atoms in total. The van der Waals surface area contributed by atoms with Crippen LogP contribution in [-0.4, -0.2) is 60.1 Å². The number of nitrogen functional groups attached to an aromatic ring is 2. The molecule has 3 rings (SSSR count). The van der Waals surface area contributed by atoms with E-state index in [1.807, 2.05) is 6.26 Å². The number of rotatable bonds is 3. The molecular formula is C11H16N6O3S. The maximum Gasteiger partial charge on any atom is 0.224 e. The molecule has 0 saturated carbocycles. The van der Waals surface area contributed by atoms with Gasteiger partial charge in [0.05, 0.1) is 12.4 Å². The Morgan fingerprint density at radius 1 is 1.33 bits per heavy atom. The van der Waals surface area contributed by atoms with Crippen LogP contribution in [-0.2, 0) is 4.74 Å². The van der Waals surface area contributed by atoms with E-state index in [1.54, 1.807) is 0 Å². The van der Waals surface area contributed by atoms with Crippen LogP contribution < -0.4 is 11.5 Å². The number of fused-ring (bicyclic) bond motifs is 1. The van der Waals surface area contributed by atoms with Crippen molar-refractivity contribution in [2.45, 2.75) is 24.5 Å². The van der Waals surface area contributed by atoms with Crippen LogP contribution in [0.5, 0.6) is 0 Å². The first-order chi connectivity index (χ1) is 10.0. The lowest BCUT2D eigenvalue weighted by Crippen LogP contribution is -2.32. The molecule has 6 N–H and O–H groups in total. The SMILES string of the molecule is CSC[C@H]1O[C@@H](n2cnc3c(N)nc(N)nc32)[C@H](O)[C@@H]1O. The molecule has 0 spiro atoms. The predicted octanol–water partition coefficient (Wildman–Crippen LogP) is -1.03. The van der Waals surface area contributed by atoms with Crippen molar-refractivity contribution >= 4 is 34.7 Å². The number of anilines is 2. The highest BCUT2D eigenvalue weighted by Crippen LogP contribution is 2.33. The monoisotopic (exact) mass is 312 g/mol. The molecule has 1 aliphatic rings. The molecule has 1 aliphatic heterocycles. The third kappa shape index (κ3) is 2.29. The molecule has 0 aliphatic carbocycles. The maximum absolute atomic E-state index is 10.2. The number of thioether (sulfide) groups is 1. The molecule has 0 radical (unpaired) electrons. The van der Waals surface area contributed by atoms with Crippen LogP contribution in [0, 0.1) is 0 Å². The maximum atomic E-state index is 10.2. The largest absolute Gasteiger partial charge is 0.387 e. The predicted molar refractivity (Wildman–Crippen MR) is 78.5 cm³/mol. The van der Waals surface area contributed by atoms with Crippen LogP contribution in [0.2, 0.25) is 0 Å². The summed E-state index contributed by atoms with van der Waals surface area (Å²) in [4.78, 5) is 12.0. The number of imidazole rings is 1. The second kappa shape index (κ2) is 5.30. The number of aliphatic hydroxyl groups excluding tert-OH is 2. The molecule has 10 heteroatoms. The summed E-state index contributed by atoms with van der Waals surface area (Å²) in [6.07, 6.45) is 0.0204. The van der Waals surface area contributed by atoms with Gasteiger partial charge in [0, 0.05) is 5.75 Å². The third-order valence-corrected chi connectivity index (χ3v) is 4.07. The Kier molecular flexibility index (Phi) is 3.61. The molecule has 4 atom stereocenters. The van der Waals surface area contributed by atoms with E-state index in [2.05, 4.69) is 15.0 Å². The lowest BCUT2D eigenvalue weighted by molar-refractivity contribution is -0.0288. The van der Waals surface area contributed by atoms with E-state index in [1.165, 1.54) is 22.7 Å². The van der Waals surface area contributed by atoms with Gasteiger partial charge in [0.2, 0.25) is 5.95 Å². The molecule has 0 amide bonds. The highest BCUT2D eigenvalue weighted by molar-refractivity contribution is 7.98. The van der Waals surface area contributed by atoms with E-state index >= 15 is 0 Å². The van der Waals surface area contributed by atoms with Crippen molar-refractivity contribution in [3.05, 3.63) is 6.33 Å². The van der Waals surface area contributed by atoms with Crippen molar-refractivity contribution in [3.63, 3.8) is 0 Å². The van der Waals surface area contributed by atoms with E-state index in [0.29, 0.717) is 16.9 Å². The standard InChI is InChI=1S/C11H16N6O3S/c1-21-2-4-6(18)7(19)10(20-4)17-3-14-5-8(12)15-11(13)16-9(5)17/h3-4,6-7,10,18-19H,2H2,1H3,(H4,12,13,15,16)/t4-,6-,7-,10-/m1/s1. The van der Waals surface area contributed by atoms with Gasteiger partial charge in [-0.2, -0.15) is 21.7 Å².